The van der Waals surface area contributed by atoms with Gasteiger partial charge in [0.2, 0.25) is 0 Å². The largest absolute Gasteiger partial charge is 0.300 e. The summed E-state index contributed by atoms with van der Waals surface area (Å²) in [5.41, 5.74) is 2.38. The Balaban J connectivity index is 2.80. The summed E-state index contributed by atoms with van der Waals surface area (Å²) in [7, 11) is 4.12. The van der Waals surface area contributed by atoms with Gasteiger partial charge in [0, 0.05) is 25.5 Å². The average molecular weight is 339 g/mol. The second kappa shape index (κ2) is 6.01. The van der Waals surface area contributed by atoms with E-state index in [0.717, 1.165) is 35.0 Å². The fraction of sp³-hybridized carbons (Fsp3) is 0.700. The highest BCUT2D eigenvalue weighted by Gasteiger charge is 2.13. The molecule has 0 aliphatic heterocycles. The second-order valence-corrected chi connectivity index (χ2v) is 5.20. The summed E-state index contributed by atoms with van der Waals surface area (Å²) in [5, 5.41) is 5.47. The third-order valence-corrected chi connectivity index (χ3v) is 3.66. The summed E-state index contributed by atoms with van der Waals surface area (Å²) in [6.07, 6.45) is 0.969. The molecule has 0 spiro atoms. The van der Waals surface area contributed by atoms with Crippen LogP contribution in [0.3, 0.4) is 0 Å². The van der Waals surface area contributed by atoms with Crippen LogP contribution in [0.5, 0.6) is 0 Å². The minimum Gasteiger partial charge on any atom is -0.300 e. The lowest BCUT2D eigenvalue weighted by Gasteiger charge is -2.15. The van der Waals surface area contributed by atoms with Gasteiger partial charge in [-0.15, -0.1) is 0 Å². The van der Waals surface area contributed by atoms with Crippen molar-refractivity contribution >= 4 is 31.9 Å². The predicted molar refractivity (Wildman–Crippen MR) is 70.4 cm³/mol. The summed E-state index contributed by atoms with van der Waals surface area (Å²) >= 11 is 7.06. The molecule has 0 aliphatic rings. The van der Waals surface area contributed by atoms with Crippen molar-refractivity contribution < 1.29 is 0 Å². The molecule has 1 heterocycles. The molecule has 0 amide bonds. The Morgan fingerprint density at radius 3 is 2.60 bits per heavy atom. The van der Waals surface area contributed by atoms with Crippen LogP contribution in [0.25, 0.3) is 0 Å². The zero-order valence-corrected chi connectivity index (χ0v) is 12.6. The van der Waals surface area contributed by atoms with Crippen LogP contribution >= 0.6 is 31.9 Å². The Labute approximate surface area is 108 Å². The first-order valence-corrected chi connectivity index (χ1v) is 6.96. The lowest BCUT2D eigenvalue weighted by atomic mass is 10.3. The highest BCUT2D eigenvalue weighted by molar-refractivity contribution is 9.10. The van der Waals surface area contributed by atoms with Crippen molar-refractivity contribution in [3.05, 3.63) is 15.9 Å². The first kappa shape index (κ1) is 13.2. The van der Waals surface area contributed by atoms with Gasteiger partial charge in [0.1, 0.15) is 0 Å². The van der Waals surface area contributed by atoms with Crippen molar-refractivity contribution in [2.24, 2.45) is 7.05 Å². The molecule has 0 aliphatic carbocycles. The van der Waals surface area contributed by atoms with Gasteiger partial charge in [-0.1, -0.05) is 22.9 Å². The summed E-state index contributed by atoms with van der Waals surface area (Å²) in [5.74, 6) is 0. The van der Waals surface area contributed by atoms with Gasteiger partial charge >= 0.3 is 0 Å². The number of aryl methyl sites for hydroxylation is 2. The molecule has 0 fully saturated rings. The Morgan fingerprint density at radius 1 is 1.47 bits per heavy atom. The Morgan fingerprint density at radius 2 is 2.13 bits per heavy atom. The van der Waals surface area contributed by atoms with E-state index in [2.05, 4.69) is 55.8 Å². The molecule has 1 aromatic rings. The van der Waals surface area contributed by atoms with Gasteiger partial charge in [-0.05, 0) is 29.4 Å². The molecule has 5 heteroatoms. The van der Waals surface area contributed by atoms with Crippen LogP contribution in [-0.2, 0) is 20.0 Å². The molecule has 1 rings (SSSR count). The quantitative estimate of drug-likeness (QED) is 0.769. The van der Waals surface area contributed by atoms with Crippen LogP contribution in [0, 0.1) is 0 Å². The molecule has 3 nitrogen and oxygen atoms in total. The SMILES string of the molecule is CCc1nn(C)c(CN(C)CCBr)c1Br. The molecule has 0 radical (unpaired) electrons. The molecule has 0 bridgehead atoms. The van der Waals surface area contributed by atoms with E-state index in [4.69, 9.17) is 0 Å². The fourth-order valence-corrected chi connectivity index (χ4v) is 2.82. The van der Waals surface area contributed by atoms with Crippen molar-refractivity contribution in [1.82, 2.24) is 14.7 Å². The second-order valence-electron chi connectivity index (χ2n) is 3.61. The fourth-order valence-electron chi connectivity index (χ4n) is 1.47. The molecule has 0 aromatic carbocycles. The van der Waals surface area contributed by atoms with Crippen molar-refractivity contribution in [3.8, 4) is 0 Å². The van der Waals surface area contributed by atoms with Crippen molar-refractivity contribution in [2.75, 3.05) is 18.9 Å². The number of nitrogens with zero attached hydrogens (tertiary/aromatic N) is 3. The maximum atomic E-state index is 4.47. The third-order valence-electron chi connectivity index (χ3n) is 2.39. The summed E-state index contributed by atoms with van der Waals surface area (Å²) < 4.78 is 3.13. The number of alkyl halides is 1. The van der Waals surface area contributed by atoms with E-state index in [0.29, 0.717) is 0 Å². The maximum Gasteiger partial charge on any atom is 0.0767 e. The first-order valence-electron chi connectivity index (χ1n) is 5.04. The first-order chi connectivity index (χ1) is 7.10. The summed E-state index contributed by atoms with van der Waals surface area (Å²) in [4.78, 5) is 2.27. The molecule has 0 N–H and O–H groups in total. The van der Waals surface area contributed by atoms with Gasteiger partial charge in [-0.25, -0.2) is 0 Å². The molecule has 86 valence electrons. The van der Waals surface area contributed by atoms with Crippen LogP contribution in [-0.4, -0.2) is 33.6 Å². The van der Waals surface area contributed by atoms with E-state index in [1.807, 2.05) is 11.7 Å². The van der Waals surface area contributed by atoms with E-state index >= 15 is 0 Å². The van der Waals surface area contributed by atoms with Gasteiger partial charge in [0.05, 0.1) is 15.9 Å². The normalized spacial score (nSPS) is 11.3. The summed E-state index contributed by atoms with van der Waals surface area (Å²) in [6, 6.07) is 0. The zero-order valence-electron chi connectivity index (χ0n) is 9.43. The Kier molecular flexibility index (Phi) is 5.29. The number of aromatic nitrogens is 2. The van der Waals surface area contributed by atoms with Crippen LogP contribution in [0.4, 0.5) is 0 Å². The smallest absolute Gasteiger partial charge is 0.0767 e. The van der Waals surface area contributed by atoms with Crippen LogP contribution < -0.4 is 0 Å². The molecular weight excluding hydrogens is 322 g/mol. The highest BCUT2D eigenvalue weighted by atomic mass is 79.9. The number of hydrogen-bond acceptors (Lipinski definition) is 2. The van der Waals surface area contributed by atoms with Crippen LogP contribution in [0.15, 0.2) is 4.47 Å². The standard InChI is InChI=1S/C10H17Br2N3/c1-4-8-10(12)9(15(3)13-8)7-14(2)6-5-11/h4-7H2,1-3H3. The van der Waals surface area contributed by atoms with Crippen molar-refractivity contribution in [2.45, 2.75) is 19.9 Å². The van der Waals surface area contributed by atoms with Crippen molar-refractivity contribution in [1.29, 1.82) is 0 Å². The zero-order chi connectivity index (χ0) is 11.4. The monoisotopic (exact) mass is 337 g/mol. The number of halogens is 2. The van der Waals surface area contributed by atoms with E-state index in [1.165, 1.54) is 5.69 Å². The predicted octanol–water partition coefficient (Wildman–Crippen LogP) is 2.57. The van der Waals surface area contributed by atoms with E-state index in [9.17, 15) is 0 Å². The van der Waals surface area contributed by atoms with E-state index < -0.39 is 0 Å². The Bertz CT molecular complexity index is 323. The molecule has 15 heavy (non-hydrogen) atoms. The Hall–Kier alpha value is 0.130. The van der Waals surface area contributed by atoms with Gasteiger partial charge in [0.15, 0.2) is 0 Å². The van der Waals surface area contributed by atoms with Gasteiger partial charge in [0.25, 0.3) is 0 Å². The van der Waals surface area contributed by atoms with Crippen LogP contribution in [0.2, 0.25) is 0 Å². The molecule has 0 unspecified atom stereocenters. The molecular formula is C10H17Br2N3. The van der Waals surface area contributed by atoms with Crippen LogP contribution in [0.1, 0.15) is 18.3 Å². The number of rotatable bonds is 5. The van der Waals surface area contributed by atoms with Gasteiger partial charge < -0.3 is 0 Å². The minimum absolute atomic E-state index is 0.926. The highest BCUT2D eigenvalue weighted by Crippen LogP contribution is 2.22. The van der Waals surface area contributed by atoms with E-state index in [-0.39, 0.29) is 0 Å². The van der Waals surface area contributed by atoms with E-state index in [1.54, 1.807) is 0 Å². The maximum absolute atomic E-state index is 4.47. The summed E-state index contributed by atoms with van der Waals surface area (Å²) in [6.45, 7) is 4.09. The molecule has 0 saturated heterocycles. The van der Waals surface area contributed by atoms with Crippen molar-refractivity contribution in [3.63, 3.8) is 0 Å². The lowest BCUT2D eigenvalue weighted by Crippen LogP contribution is -2.21. The topological polar surface area (TPSA) is 21.1 Å². The molecule has 0 saturated carbocycles. The number of hydrogen-bond donors (Lipinski definition) is 0. The lowest BCUT2D eigenvalue weighted by molar-refractivity contribution is 0.337. The average Bonchev–Trinajstić information content (AvgIpc) is 2.45. The van der Waals surface area contributed by atoms with Gasteiger partial charge in [-0.2, -0.15) is 5.10 Å². The molecule has 0 atom stereocenters. The van der Waals surface area contributed by atoms with Gasteiger partial charge in [-0.3, -0.25) is 9.58 Å². The third kappa shape index (κ3) is 3.29. The minimum atomic E-state index is 0.926. The molecule has 1 aromatic heterocycles.